The van der Waals surface area contributed by atoms with Crippen molar-refractivity contribution in [3.05, 3.63) is 34.9 Å². The topological polar surface area (TPSA) is 49.4 Å². The zero-order valence-electron chi connectivity index (χ0n) is 12.6. The number of fused-ring (bicyclic) bond motifs is 1. The van der Waals surface area contributed by atoms with E-state index in [1.165, 1.54) is 0 Å². The fourth-order valence-electron chi connectivity index (χ4n) is 3.23. The smallest absolute Gasteiger partial charge is 0.244 e. The molecule has 0 spiro atoms. The molecular formula is C16H19ClN2O2S. The van der Waals surface area contributed by atoms with Crippen LogP contribution in [0.2, 0.25) is 5.02 Å². The molecule has 2 heterocycles. The lowest BCUT2D eigenvalue weighted by Gasteiger charge is -2.30. The summed E-state index contributed by atoms with van der Waals surface area (Å²) < 4.78 is 0. The number of amides is 2. The predicted molar refractivity (Wildman–Crippen MR) is 88.7 cm³/mol. The van der Waals surface area contributed by atoms with Crippen molar-refractivity contribution in [2.45, 2.75) is 43.6 Å². The molecule has 2 aliphatic rings. The minimum absolute atomic E-state index is 0.0815. The third-order valence-electron chi connectivity index (χ3n) is 4.48. The summed E-state index contributed by atoms with van der Waals surface area (Å²) in [5.41, 5.74) is 0.888. The molecule has 3 atom stereocenters. The number of halogens is 1. The Kier molecular flexibility index (Phi) is 4.12. The number of carbonyl (C=O) groups is 2. The molecule has 1 aromatic rings. The largest absolute Gasteiger partial charge is 0.348 e. The molecule has 0 unspecified atom stereocenters. The molecule has 118 valence electrons. The van der Waals surface area contributed by atoms with E-state index in [0.717, 1.165) is 12.0 Å². The van der Waals surface area contributed by atoms with Gasteiger partial charge in [0, 0.05) is 17.2 Å². The molecule has 2 aliphatic heterocycles. The van der Waals surface area contributed by atoms with Gasteiger partial charge in [-0.05, 0) is 31.9 Å². The van der Waals surface area contributed by atoms with Crippen LogP contribution in [0, 0.1) is 0 Å². The first-order valence-electron chi connectivity index (χ1n) is 7.43. The van der Waals surface area contributed by atoms with E-state index in [0.29, 0.717) is 17.2 Å². The van der Waals surface area contributed by atoms with Gasteiger partial charge in [0.15, 0.2) is 0 Å². The summed E-state index contributed by atoms with van der Waals surface area (Å²) >= 11 is 7.88. The van der Waals surface area contributed by atoms with Crippen LogP contribution in [0.1, 0.15) is 38.3 Å². The second kappa shape index (κ2) is 5.78. The molecule has 0 aromatic heterocycles. The Morgan fingerprint density at radius 2 is 2.23 bits per heavy atom. The van der Waals surface area contributed by atoms with Crippen molar-refractivity contribution in [3.63, 3.8) is 0 Å². The lowest BCUT2D eigenvalue weighted by Crippen LogP contribution is -2.50. The van der Waals surface area contributed by atoms with Gasteiger partial charge in [0.2, 0.25) is 11.8 Å². The zero-order valence-corrected chi connectivity index (χ0v) is 14.2. The molecule has 3 rings (SSSR count). The standard InChI is InChI=1S/C16H19ClN2O2S/c1-10(11-5-3-4-6-12(11)17)18-15(21)13-9-22-16(2)8-7-14(20)19(13)16/h3-6,10,13H,7-9H2,1-2H3,(H,18,21)/t10-,13+,16-/m0/s1. The first kappa shape index (κ1) is 15.7. The molecule has 2 saturated heterocycles. The third-order valence-corrected chi connectivity index (χ3v) is 6.33. The molecule has 0 aliphatic carbocycles. The van der Waals surface area contributed by atoms with Gasteiger partial charge in [0.1, 0.15) is 6.04 Å². The maximum absolute atomic E-state index is 12.6. The van der Waals surface area contributed by atoms with Crippen molar-refractivity contribution in [1.29, 1.82) is 0 Å². The highest BCUT2D eigenvalue weighted by Crippen LogP contribution is 2.47. The van der Waals surface area contributed by atoms with Gasteiger partial charge in [-0.25, -0.2) is 0 Å². The number of nitrogens with zero attached hydrogens (tertiary/aromatic N) is 1. The van der Waals surface area contributed by atoms with Gasteiger partial charge in [0.25, 0.3) is 0 Å². The van der Waals surface area contributed by atoms with Gasteiger partial charge in [-0.1, -0.05) is 29.8 Å². The summed E-state index contributed by atoms with van der Waals surface area (Å²) in [6, 6.07) is 6.91. The molecule has 1 N–H and O–H groups in total. The first-order valence-corrected chi connectivity index (χ1v) is 8.80. The van der Waals surface area contributed by atoms with Crippen LogP contribution in [0.3, 0.4) is 0 Å². The number of benzene rings is 1. The highest BCUT2D eigenvalue weighted by molar-refractivity contribution is 8.01. The predicted octanol–water partition coefficient (Wildman–Crippen LogP) is 2.97. The highest BCUT2D eigenvalue weighted by Gasteiger charge is 2.52. The van der Waals surface area contributed by atoms with Crippen LogP contribution in [0.25, 0.3) is 0 Å². The summed E-state index contributed by atoms with van der Waals surface area (Å²) in [6.07, 6.45) is 1.35. The maximum Gasteiger partial charge on any atom is 0.244 e. The van der Waals surface area contributed by atoms with E-state index >= 15 is 0 Å². The van der Waals surface area contributed by atoms with Crippen LogP contribution in [0.15, 0.2) is 24.3 Å². The molecule has 1 aromatic carbocycles. The molecule has 2 fully saturated rings. The number of nitrogens with one attached hydrogen (secondary N) is 1. The Balaban J connectivity index is 1.73. The van der Waals surface area contributed by atoms with E-state index in [2.05, 4.69) is 5.32 Å². The quantitative estimate of drug-likeness (QED) is 0.921. The Bertz CT molecular complexity index is 624. The number of hydrogen-bond acceptors (Lipinski definition) is 3. The molecule has 6 heteroatoms. The van der Waals surface area contributed by atoms with Crippen molar-refractivity contribution in [3.8, 4) is 0 Å². The van der Waals surface area contributed by atoms with Gasteiger partial charge in [-0.3, -0.25) is 9.59 Å². The average molecular weight is 339 g/mol. The Labute approximate surface area is 139 Å². The Morgan fingerprint density at radius 3 is 2.95 bits per heavy atom. The number of hydrogen-bond donors (Lipinski definition) is 1. The molecule has 0 saturated carbocycles. The minimum Gasteiger partial charge on any atom is -0.348 e. The van der Waals surface area contributed by atoms with Gasteiger partial charge in [-0.2, -0.15) is 0 Å². The molecule has 0 radical (unpaired) electrons. The monoisotopic (exact) mass is 338 g/mol. The summed E-state index contributed by atoms with van der Waals surface area (Å²) in [5, 5.41) is 3.64. The van der Waals surface area contributed by atoms with Crippen molar-refractivity contribution in [1.82, 2.24) is 10.2 Å². The normalized spacial score (nSPS) is 28.6. The fourth-order valence-corrected chi connectivity index (χ4v) is 4.96. The second-order valence-electron chi connectivity index (χ2n) is 6.02. The van der Waals surface area contributed by atoms with Crippen molar-refractivity contribution in [2.75, 3.05) is 5.75 Å². The van der Waals surface area contributed by atoms with Crippen LogP contribution in [-0.2, 0) is 9.59 Å². The number of thioether (sulfide) groups is 1. The van der Waals surface area contributed by atoms with Crippen LogP contribution in [0.4, 0.5) is 0 Å². The van der Waals surface area contributed by atoms with E-state index in [9.17, 15) is 9.59 Å². The molecular weight excluding hydrogens is 320 g/mol. The highest BCUT2D eigenvalue weighted by atomic mass is 35.5. The van der Waals surface area contributed by atoms with Crippen molar-refractivity contribution in [2.24, 2.45) is 0 Å². The average Bonchev–Trinajstić information content (AvgIpc) is 2.96. The molecule has 22 heavy (non-hydrogen) atoms. The number of rotatable bonds is 3. The van der Waals surface area contributed by atoms with E-state index in [1.54, 1.807) is 16.7 Å². The first-order chi connectivity index (χ1) is 10.4. The van der Waals surface area contributed by atoms with Crippen molar-refractivity contribution >= 4 is 35.2 Å². The van der Waals surface area contributed by atoms with Gasteiger partial charge < -0.3 is 10.2 Å². The molecule has 0 bridgehead atoms. The lowest BCUT2D eigenvalue weighted by molar-refractivity contribution is -0.138. The van der Waals surface area contributed by atoms with Crippen LogP contribution < -0.4 is 5.32 Å². The zero-order chi connectivity index (χ0) is 15.9. The van der Waals surface area contributed by atoms with Crippen LogP contribution in [0.5, 0.6) is 0 Å². The Morgan fingerprint density at radius 1 is 1.50 bits per heavy atom. The van der Waals surface area contributed by atoms with Crippen LogP contribution >= 0.6 is 23.4 Å². The van der Waals surface area contributed by atoms with E-state index in [4.69, 9.17) is 11.6 Å². The SMILES string of the molecule is C[C@H](NC(=O)[C@H]1CS[C@@]2(C)CCC(=O)N12)c1ccccc1Cl. The third kappa shape index (κ3) is 2.61. The fraction of sp³-hybridized carbons (Fsp3) is 0.500. The minimum atomic E-state index is -0.380. The van der Waals surface area contributed by atoms with E-state index in [-0.39, 0.29) is 28.8 Å². The maximum atomic E-state index is 12.6. The summed E-state index contributed by atoms with van der Waals surface area (Å²) in [5.74, 6) is 0.639. The summed E-state index contributed by atoms with van der Waals surface area (Å²) in [7, 11) is 0. The van der Waals surface area contributed by atoms with Gasteiger partial charge in [-0.15, -0.1) is 11.8 Å². The van der Waals surface area contributed by atoms with Crippen molar-refractivity contribution < 1.29 is 9.59 Å². The summed E-state index contributed by atoms with van der Waals surface area (Å²) in [6.45, 7) is 3.96. The van der Waals surface area contributed by atoms with Gasteiger partial charge in [0.05, 0.1) is 10.9 Å². The lowest BCUT2D eigenvalue weighted by atomic mass is 10.1. The van der Waals surface area contributed by atoms with Crippen LogP contribution in [-0.4, -0.2) is 33.4 Å². The Hall–Kier alpha value is -1.20. The van der Waals surface area contributed by atoms with E-state index in [1.807, 2.05) is 38.1 Å². The molecule has 2 amide bonds. The second-order valence-corrected chi connectivity index (χ2v) is 7.93. The van der Waals surface area contributed by atoms with E-state index < -0.39 is 0 Å². The summed E-state index contributed by atoms with van der Waals surface area (Å²) in [4.78, 5) is 26.3. The van der Waals surface area contributed by atoms with Gasteiger partial charge >= 0.3 is 0 Å². The molecule has 4 nitrogen and oxygen atoms in total. The number of carbonyl (C=O) groups excluding carboxylic acids is 2.